The first kappa shape index (κ1) is 13.4. The van der Waals surface area contributed by atoms with Crippen molar-refractivity contribution in [2.24, 2.45) is 0 Å². The molecule has 0 heterocycles. The number of hydrogen-bond acceptors (Lipinski definition) is 2. The molecule has 98 valence electrons. The van der Waals surface area contributed by atoms with Crippen LogP contribution in [0.5, 0.6) is 11.5 Å². The van der Waals surface area contributed by atoms with Gasteiger partial charge in [-0.1, -0.05) is 17.7 Å². The molecule has 2 aromatic carbocycles. The van der Waals surface area contributed by atoms with Crippen molar-refractivity contribution in [3.63, 3.8) is 0 Å². The van der Waals surface area contributed by atoms with Gasteiger partial charge in [0.25, 0.3) is 0 Å². The Kier molecular flexibility index (Phi) is 3.76. The number of carbonyl (C=O) groups is 1. The van der Waals surface area contributed by atoms with Crippen molar-refractivity contribution < 1.29 is 14.6 Å². The van der Waals surface area contributed by atoms with Gasteiger partial charge in [-0.15, -0.1) is 0 Å². The zero-order valence-corrected chi connectivity index (χ0v) is 11.4. The first-order valence-electron chi connectivity index (χ1n) is 5.75. The van der Waals surface area contributed by atoms with Crippen LogP contribution in [0.4, 0.5) is 0 Å². The molecule has 0 atom stereocenters. The lowest BCUT2D eigenvalue weighted by Crippen LogP contribution is -1.97. The molecule has 3 nitrogen and oxygen atoms in total. The Morgan fingerprint density at radius 1 is 1.11 bits per heavy atom. The van der Waals surface area contributed by atoms with E-state index in [1.807, 2.05) is 19.9 Å². The Morgan fingerprint density at radius 3 is 2.47 bits per heavy atom. The summed E-state index contributed by atoms with van der Waals surface area (Å²) in [6, 6.07) is 10.1. The molecule has 0 aliphatic heterocycles. The summed E-state index contributed by atoms with van der Waals surface area (Å²) in [5.74, 6) is 0.186. The van der Waals surface area contributed by atoms with Crippen molar-refractivity contribution >= 4 is 17.6 Å². The van der Waals surface area contributed by atoms with E-state index in [1.54, 1.807) is 24.3 Å². The van der Waals surface area contributed by atoms with Crippen molar-refractivity contribution in [3.8, 4) is 11.5 Å². The van der Waals surface area contributed by atoms with Crippen LogP contribution in [0.2, 0.25) is 5.02 Å². The van der Waals surface area contributed by atoms with E-state index in [0.717, 1.165) is 11.1 Å². The minimum atomic E-state index is -0.975. The Balaban J connectivity index is 2.34. The largest absolute Gasteiger partial charge is 0.478 e. The Hall–Kier alpha value is -2.00. The fourth-order valence-electron chi connectivity index (χ4n) is 1.65. The average molecular weight is 277 g/mol. The molecule has 1 N–H and O–H groups in total. The van der Waals surface area contributed by atoms with Crippen molar-refractivity contribution in [1.29, 1.82) is 0 Å². The van der Waals surface area contributed by atoms with Crippen LogP contribution < -0.4 is 4.74 Å². The molecule has 0 radical (unpaired) electrons. The SMILES string of the molecule is Cc1cc(Oc2cc(C(=O)O)ccc2C)ccc1Cl. The van der Waals surface area contributed by atoms with Gasteiger partial charge in [0, 0.05) is 5.02 Å². The van der Waals surface area contributed by atoms with E-state index in [9.17, 15) is 4.79 Å². The van der Waals surface area contributed by atoms with Gasteiger partial charge in [0.15, 0.2) is 0 Å². The highest BCUT2D eigenvalue weighted by Crippen LogP contribution is 2.28. The molecule has 0 unspecified atom stereocenters. The van der Waals surface area contributed by atoms with Crippen molar-refractivity contribution in [1.82, 2.24) is 0 Å². The molecule has 0 aliphatic carbocycles. The van der Waals surface area contributed by atoms with E-state index in [2.05, 4.69) is 0 Å². The van der Waals surface area contributed by atoms with E-state index in [0.29, 0.717) is 16.5 Å². The van der Waals surface area contributed by atoms with Crippen LogP contribution in [-0.2, 0) is 0 Å². The number of carboxylic acid groups (broad SMARTS) is 1. The van der Waals surface area contributed by atoms with Crippen LogP contribution in [0.25, 0.3) is 0 Å². The zero-order valence-electron chi connectivity index (χ0n) is 10.6. The lowest BCUT2D eigenvalue weighted by atomic mass is 10.1. The summed E-state index contributed by atoms with van der Waals surface area (Å²) >= 11 is 5.95. The molecule has 0 bridgehead atoms. The van der Waals surface area contributed by atoms with E-state index in [-0.39, 0.29) is 5.56 Å². The van der Waals surface area contributed by atoms with E-state index in [1.165, 1.54) is 6.07 Å². The average Bonchev–Trinajstić information content (AvgIpc) is 2.36. The summed E-state index contributed by atoms with van der Waals surface area (Å²) in [5.41, 5.74) is 1.98. The van der Waals surface area contributed by atoms with Crippen molar-refractivity contribution in [2.45, 2.75) is 13.8 Å². The fourth-order valence-corrected chi connectivity index (χ4v) is 1.77. The third-order valence-corrected chi connectivity index (χ3v) is 3.22. The van der Waals surface area contributed by atoms with Gasteiger partial charge in [-0.2, -0.15) is 0 Å². The first-order valence-corrected chi connectivity index (χ1v) is 6.13. The Bertz CT molecular complexity index is 635. The normalized spacial score (nSPS) is 10.3. The summed E-state index contributed by atoms with van der Waals surface area (Å²) < 4.78 is 5.71. The van der Waals surface area contributed by atoms with Crippen LogP contribution in [0, 0.1) is 13.8 Å². The van der Waals surface area contributed by atoms with Crippen molar-refractivity contribution in [2.75, 3.05) is 0 Å². The second-order valence-corrected chi connectivity index (χ2v) is 4.71. The number of halogens is 1. The topological polar surface area (TPSA) is 46.5 Å². The number of carboxylic acids is 1. The quantitative estimate of drug-likeness (QED) is 0.901. The van der Waals surface area contributed by atoms with Gasteiger partial charge in [-0.25, -0.2) is 4.79 Å². The molecule has 0 aromatic heterocycles. The molecule has 2 rings (SSSR count). The summed E-state index contributed by atoms with van der Waals surface area (Å²) in [6.45, 7) is 3.75. The molecule has 0 fully saturated rings. The number of benzene rings is 2. The standard InChI is InChI=1S/C15H13ClO3/c1-9-3-4-11(15(17)18)8-14(9)19-12-5-6-13(16)10(2)7-12/h3-8H,1-2H3,(H,17,18). The highest BCUT2D eigenvalue weighted by atomic mass is 35.5. The Labute approximate surface area is 116 Å². The predicted octanol–water partition coefficient (Wildman–Crippen LogP) is 4.45. The molecular formula is C15H13ClO3. The first-order chi connectivity index (χ1) is 8.97. The van der Waals surface area contributed by atoms with Gasteiger partial charge in [-0.05, 0) is 55.3 Å². The molecular weight excluding hydrogens is 264 g/mol. The number of rotatable bonds is 3. The number of ether oxygens (including phenoxy) is 1. The maximum Gasteiger partial charge on any atom is 0.335 e. The predicted molar refractivity (Wildman–Crippen MR) is 74.4 cm³/mol. The second-order valence-electron chi connectivity index (χ2n) is 4.30. The van der Waals surface area contributed by atoms with Gasteiger partial charge in [0.1, 0.15) is 11.5 Å². The van der Waals surface area contributed by atoms with Crippen LogP contribution in [0.1, 0.15) is 21.5 Å². The Morgan fingerprint density at radius 2 is 1.84 bits per heavy atom. The number of hydrogen-bond donors (Lipinski definition) is 1. The van der Waals surface area contributed by atoms with Crippen molar-refractivity contribution in [3.05, 3.63) is 58.1 Å². The highest BCUT2D eigenvalue weighted by Gasteiger charge is 2.08. The molecule has 0 saturated heterocycles. The van der Waals surface area contributed by atoms with Gasteiger partial charge >= 0.3 is 5.97 Å². The molecule has 19 heavy (non-hydrogen) atoms. The number of aromatic carboxylic acids is 1. The number of aryl methyl sites for hydroxylation is 2. The molecule has 0 saturated carbocycles. The molecule has 0 spiro atoms. The minimum absolute atomic E-state index is 0.200. The van der Waals surface area contributed by atoms with Crippen LogP contribution in [0.3, 0.4) is 0 Å². The van der Waals surface area contributed by atoms with Crippen LogP contribution in [-0.4, -0.2) is 11.1 Å². The fraction of sp³-hybridized carbons (Fsp3) is 0.133. The van der Waals surface area contributed by atoms with E-state index < -0.39 is 5.97 Å². The smallest absolute Gasteiger partial charge is 0.335 e. The molecule has 2 aromatic rings. The monoisotopic (exact) mass is 276 g/mol. The van der Waals surface area contributed by atoms with E-state index >= 15 is 0 Å². The third-order valence-electron chi connectivity index (χ3n) is 2.79. The van der Waals surface area contributed by atoms with Gasteiger partial charge in [0.05, 0.1) is 5.56 Å². The molecule has 0 amide bonds. The molecule has 0 aliphatic rings. The van der Waals surface area contributed by atoms with Crippen LogP contribution >= 0.6 is 11.6 Å². The third kappa shape index (κ3) is 3.06. The maximum atomic E-state index is 10.9. The van der Waals surface area contributed by atoms with Gasteiger partial charge in [-0.3, -0.25) is 0 Å². The van der Waals surface area contributed by atoms with Gasteiger partial charge < -0.3 is 9.84 Å². The van der Waals surface area contributed by atoms with Gasteiger partial charge in [0.2, 0.25) is 0 Å². The molecule has 4 heteroatoms. The summed E-state index contributed by atoms with van der Waals surface area (Å²) in [7, 11) is 0. The van der Waals surface area contributed by atoms with E-state index in [4.69, 9.17) is 21.4 Å². The minimum Gasteiger partial charge on any atom is -0.478 e. The van der Waals surface area contributed by atoms with Crippen LogP contribution in [0.15, 0.2) is 36.4 Å². The summed E-state index contributed by atoms with van der Waals surface area (Å²) in [5, 5.41) is 9.64. The maximum absolute atomic E-state index is 10.9. The second kappa shape index (κ2) is 5.33. The highest BCUT2D eigenvalue weighted by molar-refractivity contribution is 6.31. The zero-order chi connectivity index (χ0) is 14.0. The summed E-state index contributed by atoms with van der Waals surface area (Å²) in [4.78, 5) is 10.9. The lowest BCUT2D eigenvalue weighted by Gasteiger charge is -2.10. The lowest BCUT2D eigenvalue weighted by molar-refractivity contribution is 0.0696. The summed E-state index contributed by atoms with van der Waals surface area (Å²) in [6.07, 6.45) is 0.